The number of isocyanates is 1. The summed E-state index contributed by atoms with van der Waals surface area (Å²) >= 11 is 3.51. The predicted molar refractivity (Wildman–Crippen MR) is 62.5 cm³/mol. The zero-order valence-electron chi connectivity index (χ0n) is 8.37. The van der Waals surface area contributed by atoms with Crippen LogP contribution in [0.15, 0.2) is 33.7 Å². The molecule has 0 N–H and O–H groups in total. The first-order valence-corrected chi connectivity index (χ1v) is 5.87. The van der Waals surface area contributed by atoms with Gasteiger partial charge in [0.2, 0.25) is 6.08 Å². The van der Waals surface area contributed by atoms with E-state index in [2.05, 4.69) is 27.0 Å². The molecule has 0 radical (unpaired) electrons. The molecule has 0 unspecified atom stereocenters. The van der Waals surface area contributed by atoms with E-state index in [0.717, 1.165) is 30.2 Å². The van der Waals surface area contributed by atoms with Gasteiger partial charge in [-0.1, -0.05) is 34.1 Å². The molecule has 1 aromatic rings. The maximum absolute atomic E-state index is 10.4. The highest BCUT2D eigenvalue weighted by molar-refractivity contribution is 9.10. The number of benzene rings is 1. The van der Waals surface area contributed by atoms with E-state index in [-0.39, 0.29) is 5.54 Å². The van der Waals surface area contributed by atoms with E-state index in [1.165, 1.54) is 5.56 Å². The lowest BCUT2D eigenvalue weighted by Gasteiger charge is -2.37. The Morgan fingerprint density at radius 1 is 1.40 bits per heavy atom. The number of aliphatic imine (C=N–C) groups is 1. The van der Waals surface area contributed by atoms with Gasteiger partial charge in [0, 0.05) is 4.47 Å². The van der Waals surface area contributed by atoms with Gasteiger partial charge in [0.25, 0.3) is 0 Å². The van der Waals surface area contributed by atoms with Crippen molar-refractivity contribution < 1.29 is 4.79 Å². The van der Waals surface area contributed by atoms with Crippen LogP contribution in [0.3, 0.4) is 0 Å². The topological polar surface area (TPSA) is 29.4 Å². The van der Waals surface area contributed by atoms with E-state index in [4.69, 9.17) is 0 Å². The Labute approximate surface area is 97.5 Å². The Hall–Kier alpha value is -0.920. The second-order valence-corrected chi connectivity index (χ2v) is 4.90. The minimum atomic E-state index is -0.161. The first-order chi connectivity index (χ1) is 7.26. The third-order valence-electron chi connectivity index (χ3n) is 3.04. The van der Waals surface area contributed by atoms with Crippen molar-refractivity contribution in [2.45, 2.75) is 31.2 Å². The molecule has 0 saturated heterocycles. The van der Waals surface area contributed by atoms with Crippen molar-refractivity contribution in [1.82, 2.24) is 0 Å². The standard InChI is InChI=1S/C12H12BrNO/c13-11-5-2-1-4-10(11)8-12(14-9-15)6-3-7-12/h1-2,4-5H,3,6-8H2. The molecule has 0 bridgehead atoms. The summed E-state index contributed by atoms with van der Waals surface area (Å²) in [6, 6.07) is 8.10. The molecule has 1 fully saturated rings. The lowest BCUT2D eigenvalue weighted by atomic mass is 9.73. The van der Waals surface area contributed by atoms with Gasteiger partial charge in [0.05, 0.1) is 5.54 Å². The van der Waals surface area contributed by atoms with Gasteiger partial charge in [-0.15, -0.1) is 0 Å². The van der Waals surface area contributed by atoms with E-state index >= 15 is 0 Å². The Kier molecular flexibility index (Phi) is 3.03. The summed E-state index contributed by atoms with van der Waals surface area (Å²) in [5, 5.41) is 0. The van der Waals surface area contributed by atoms with Gasteiger partial charge in [0.1, 0.15) is 0 Å². The maximum Gasteiger partial charge on any atom is 0.235 e. The average molecular weight is 266 g/mol. The van der Waals surface area contributed by atoms with Crippen LogP contribution in [-0.2, 0) is 11.2 Å². The molecule has 0 atom stereocenters. The van der Waals surface area contributed by atoms with Crippen LogP contribution in [-0.4, -0.2) is 11.6 Å². The Balaban J connectivity index is 2.20. The highest BCUT2D eigenvalue weighted by Crippen LogP contribution is 2.39. The van der Waals surface area contributed by atoms with Crippen LogP contribution in [0.2, 0.25) is 0 Å². The fraction of sp³-hybridized carbons (Fsp3) is 0.417. The van der Waals surface area contributed by atoms with Crippen molar-refractivity contribution in [2.75, 3.05) is 0 Å². The summed E-state index contributed by atoms with van der Waals surface area (Å²) in [4.78, 5) is 14.4. The van der Waals surface area contributed by atoms with Crippen molar-refractivity contribution in [3.8, 4) is 0 Å². The lowest BCUT2D eigenvalue weighted by Crippen LogP contribution is -2.37. The number of halogens is 1. The molecule has 1 aliphatic rings. The summed E-state index contributed by atoms with van der Waals surface area (Å²) < 4.78 is 1.09. The van der Waals surface area contributed by atoms with Gasteiger partial charge in [-0.05, 0) is 37.3 Å². The van der Waals surface area contributed by atoms with E-state index in [9.17, 15) is 4.79 Å². The van der Waals surface area contributed by atoms with Gasteiger partial charge < -0.3 is 0 Å². The number of rotatable bonds is 3. The molecule has 0 aliphatic heterocycles. The number of carbonyl (C=O) groups excluding carboxylic acids is 1. The molecule has 0 spiro atoms. The van der Waals surface area contributed by atoms with Crippen molar-refractivity contribution in [3.05, 3.63) is 34.3 Å². The van der Waals surface area contributed by atoms with E-state index in [0.29, 0.717) is 0 Å². The van der Waals surface area contributed by atoms with Gasteiger partial charge >= 0.3 is 0 Å². The van der Waals surface area contributed by atoms with Gasteiger partial charge in [-0.25, -0.2) is 4.79 Å². The molecular weight excluding hydrogens is 254 g/mol. The largest absolute Gasteiger partial charge is 0.235 e. The first kappa shape index (κ1) is 10.6. The van der Waals surface area contributed by atoms with Crippen molar-refractivity contribution in [2.24, 2.45) is 4.99 Å². The van der Waals surface area contributed by atoms with Crippen LogP contribution in [0.25, 0.3) is 0 Å². The summed E-state index contributed by atoms with van der Waals surface area (Å²) in [5.74, 6) is 0. The quantitative estimate of drug-likeness (QED) is 0.610. The van der Waals surface area contributed by atoms with Crippen LogP contribution in [0.4, 0.5) is 0 Å². The molecular formula is C12H12BrNO. The molecule has 1 aliphatic carbocycles. The fourth-order valence-electron chi connectivity index (χ4n) is 2.01. The SMILES string of the molecule is O=C=NC1(Cc2ccccc2Br)CCC1. The van der Waals surface area contributed by atoms with Crippen LogP contribution in [0.1, 0.15) is 24.8 Å². The normalized spacial score (nSPS) is 17.7. The fourth-order valence-corrected chi connectivity index (χ4v) is 2.43. The predicted octanol–water partition coefficient (Wildman–Crippen LogP) is 3.25. The molecule has 0 amide bonds. The summed E-state index contributed by atoms with van der Waals surface area (Å²) in [6.07, 6.45) is 5.72. The van der Waals surface area contributed by atoms with Crippen LogP contribution >= 0.6 is 15.9 Å². The van der Waals surface area contributed by atoms with E-state index in [1.807, 2.05) is 18.2 Å². The summed E-state index contributed by atoms with van der Waals surface area (Å²) in [7, 11) is 0. The minimum absolute atomic E-state index is 0.161. The lowest BCUT2D eigenvalue weighted by molar-refractivity contribution is 0.249. The smallest absolute Gasteiger partial charge is 0.211 e. The number of nitrogens with zero attached hydrogens (tertiary/aromatic N) is 1. The maximum atomic E-state index is 10.4. The second kappa shape index (κ2) is 4.30. The average Bonchev–Trinajstić information content (AvgIpc) is 2.18. The molecule has 0 aromatic heterocycles. The molecule has 15 heavy (non-hydrogen) atoms. The zero-order valence-corrected chi connectivity index (χ0v) is 9.96. The van der Waals surface area contributed by atoms with Crippen LogP contribution in [0.5, 0.6) is 0 Å². The molecule has 3 heteroatoms. The van der Waals surface area contributed by atoms with E-state index in [1.54, 1.807) is 6.08 Å². The third-order valence-corrected chi connectivity index (χ3v) is 3.82. The summed E-state index contributed by atoms with van der Waals surface area (Å²) in [5.41, 5.74) is 1.06. The first-order valence-electron chi connectivity index (χ1n) is 5.08. The molecule has 0 heterocycles. The number of hydrogen-bond donors (Lipinski definition) is 0. The molecule has 78 valence electrons. The molecule has 2 nitrogen and oxygen atoms in total. The van der Waals surface area contributed by atoms with Crippen molar-refractivity contribution in [1.29, 1.82) is 0 Å². The van der Waals surface area contributed by atoms with Crippen molar-refractivity contribution >= 4 is 22.0 Å². The van der Waals surface area contributed by atoms with Crippen LogP contribution in [0, 0.1) is 0 Å². The highest BCUT2D eigenvalue weighted by Gasteiger charge is 2.37. The number of hydrogen-bond acceptors (Lipinski definition) is 2. The molecule has 2 rings (SSSR count). The zero-order chi connectivity index (χ0) is 10.7. The minimum Gasteiger partial charge on any atom is -0.211 e. The summed E-state index contributed by atoms with van der Waals surface area (Å²) in [6.45, 7) is 0. The molecule has 1 aromatic carbocycles. The van der Waals surface area contributed by atoms with Gasteiger partial charge in [-0.2, -0.15) is 4.99 Å². The van der Waals surface area contributed by atoms with Crippen LogP contribution < -0.4 is 0 Å². The van der Waals surface area contributed by atoms with Gasteiger partial charge in [-0.3, -0.25) is 0 Å². The van der Waals surface area contributed by atoms with Gasteiger partial charge in [0.15, 0.2) is 0 Å². The van der Waals surface area contributed by atoms with Crippen molar-refractivity contribution in [3.63, 3.8) is 0 Å². The highest BCUT2D eigenvalue weighted by atomic mass is 79.9. The third kappa shape index (κ3) is 2.19. The Morgan fingerprint density at radius 2 is 2.13 bits per heavy atom. The second-order valence-electron chi connectivity index (χ2n) is 4.05. The Bertz CT molecular complexity index is 406. The Morgan fingerprint density at radius 3 is 2.67 bits per heavy atom. The van der Waals surface area contributed by atoms with E-state index < -0.39 is 0 Å². The molecule has 1 saturated carbocycles. The monoisotopic (exact) mass is 265 g/mol.